The summed E-state index contributed by atoms with van der Waals surface area (Å²) in [4.78, 5) is 22.2. The molecule has 0 aromatic heterocycles. The highest BCUT2D eigenvalue weighted by Crippen LogP contribution is 2.41. The molecular weight excluding hydrogens is 287 g/mol. The standard InChI is InChI=1S/C16H17O4P/c1-11-9-12(2)15(13(3)10-11)16(17)20-21(18,19)14-7-5-4-6-8-14/h4-10H,1-3H3,(H,18,19). The summed E-state index contributed by atoms with van der Waals surface area (Å²) < 4.78 is 17.1. The lowest BCUT2D eigenvalue weighted by molar-refractivity contribution is 0.0721. The number of carbonyl (C=O) groups excluding carboxylic acids is 1. The molecule has 21 heavy (non-hydrogen) atoms. The number of carbonyl (C=O) groups is 1. The van der Waals surface area contributed by atoms with Gasteiger partial charge in [-0.15, -0.1) is 0 Å². The average Bonchev–Trinajstić information content (AvgIpc) is 2.37. The Morgan fingerprint density at radius 2 is 1.57 bits per heavy atom. The number of benzene rings is 2. The van der Waals surface area contributed by atoms with E-state index in [1.807, 2.05) is 19.1 Å². The molecule has 0 bridgehead atoms. The fraction of sp³-hybridized carbons (Fsp3) is 0.188. The molecule has 0 aliphatic carbocycles. The van der Waals surface area contributed by atoms with Crippen LogP contribution < -0.4 is 5.30 Å². The minimum absolute atomic E-state index is 0.0979. The van der Waals surface area contributed by atoms with E-state index in [4.69, 9.17) is 4.52 Å². The van der Waals surface area contributed by atoms with E-state index in [1.165, 1.54) is 12.1 Å². The van der Waals surface area contributed by atoms with Gasteiger partial charge in [0.1, 0.15) is 0 Å². The van der Waals surface area contributed by atoms with Crippen molar-refractivity contribution < 1.29 is 18.8 Å². The van der Waals surface area contributed by atoms with Crippen LogP contribution in [-0.4, -0.2) is 10.9 Å². The van der Waals surface area contributed by atoms with Gasteiger partial charge in [0.2, 0.25) is 0 Å². The van der Waals surface area contributed by atoms with Crippen molar-refractivity contribution >= 4 is 18.9 Å². The first-order valence-corrected chi connectivity index (χ1v) is 8.09. The molecule has 0 aliphatic rings. The normalized spacial score (nSPS) is 13.5. The van der Waals surface area contributed by atoms with Crippen LogP contribution in [0.25, 0.3) is 0 Å². The van der Waals surface area contributed by atoms with Crippen molar-refractivity contribution in [1.82, 2.24) is 0 Å². The van der Waals surface area contributed by atoms with E-state index in [-0.39, 0.29) is 5.30 Å². The maximum atomic E-state index is 12.2. The van der Waals surface area contributed by atoms with Gasteiger partial charge in [-0.3, -0.25) is 0 Å². The number of hydrogen-bond acceptors (Lipinski definition) is 3. The fourth-order valence-electron chi connectivity index (χ4n) is 2.33. The van der Waals surface area contributed by atoms with E-state index in [2.05, 4.69) is 0 Å². The Bertz CT molecular complexity index is 699. The van der Waals surface area contributed by atoms with E-state index >= 15 is 0 Å². The van der Waals surface area contributed by atoms with Gasteiger partial charge in [-0.1, -0.05) is 35.9 Å². The Morgan fingerprint density at radius 1 is 1.05 bits per heavy atom. The molecule has 0 saturated heterocycles. The first-order chi connectivity index (χ1) is 9.81. The predicted octanol–water partition coefficient (Wildman–Crippen LogP) is 3.28. The van der Waals surface area contributed by atoms with Crippen molar-refractivity contribution in [2.45, 2.75) is 20.8 Å². The molecule has 0 fully saturated rings. The summed E-state index contributed by atoms with van der Waals surface area (Å²) in [5.74, 6) is -0.778. The highest BCUT2D eigenvalue weighted by atomic mass is 31.2. The lowest BCUT2D eigenvalue weighted by Gasteiger charge is -2.15. The summed E-state index contributed by atoms with van der Waals surface area (Å²) in [6.07, 6.45) is 0. The smallest absolute Gasteiger partial charge is 0.385 e. The topological polar surface area (TPSA) is 63.6 Å². The van der Waals surface area contributed by atoms with Crippen LogP contribution in [-0.2, 0) is 9.09 Å². The minimum Gasteiger partial charge on any atom is -0.385 e. The van der Waals surface area contributed by atoms with E-state index < -0.39 is 13.6 Å². The number of aryl methyl sites for hydroxylation is 3. The molecule has 5 heteroatoms. The van der Waals surface area contributed by atoms with E-state index in [1.54, 1.807) is 32.0 Å². The molecular formula is C16H17O4P. The largest absolute Gasteiger partial charge is 0.410 e. The molecule has 1 atom stereocenters. The first kappa shape index (κ1) is 15.5. The van der Waals surface area contributed by atoms with E-state index in [0.717, 1.165) is 16.7 Å². The molecule has 0 amide bonds. The van der Waals surface area contributed by atoms with Gasteiger partial charge < -0.3 is 9.42 Å². The predicted molar refractivity (Wildman–Crippen MR) is 82.0 cm³/mol. The van der Waals surface area contributed by atoms with Crippen LogP contribution in [0.4, 0.5) is 0 Å². The van der Waals surface area contributed by atoms with Crippen LogP contribution in [0.5, 0.6) is 0 Å². The van der Waals surface area contributed by atoms with Crippen LogP contribution in [0.2, 0.25) is 0 Å². The minimum atomic E-state index is -4.17. The van der Waals surface area contributed by atoms with Gasteiger partial charge in [-0.25, -0.2) is 9.36 Å². The van der Waals surface area contributed by atoms with Crippen molar-refractivity contribution in [2.75, 3.05) is 0 Å². The second kappa shape index (κ2) is 5.84. The highest BCUT2D eigenvalue weighted by Gasteiger charge is 2.28. The molecule has 0 radical (unpaired) electrons. The molecule has 0 saturated carbocycles. The molecule has 2 aromatic carbocycles. The molecule has 2 aromatic rings. The monoisotopic (exact) mass is 304 g/mol. The van der Waals surface area contributed by atoms with E-state index in [0.29, 0.717) is 5.56 Å². The van der Waals surface area contributed by atoms with Crippen molar-refractivity contribution in [3.63, 3.8) is 0 Å². The fourth-order valence-corrected chi connectivity index (χ4v) is 3.30. The lowest BCUT2D eigenvalue weighted by atomic mass is 10.0. The van der Waals surface area contributed by atoms with Crippen LogP contribution in [0.3, 0.4) is 0 Å². The van der Waals surface area contributed by atoms with Crippen LogP contribution in [0, 0.1) is 20.8 Å². The van der Waals surface area contributed by atoms with Crippen LogP contribution in [0.15, 0.2) is 42.5 Å². The van der Waals surface area contributed by atoms with Crippen molar-refractivity contribution in [1.29, 1.82) is 0 Å². The van der Waals surface area contributed by atoms with Crippen molar-refractivity contribution in [2.24, 2.45) is 0 Å². The summed E-state index contributed by atoms with van der Waals surface area (Å²) in [6, 6.07) is 11.6. The van der Waals surface area contributed by atoms with Gasteiger partial charge in [-0.05, 0) is 44.0 Å². The van der Waals surface area contributed by atoms with Gasteiger partial charge >= 0.3 is 13.6 Å². The average molecular weight is 304 g/mol. The zero-order chi connectivity index (χ0) is 15.6. The summed E-state index contributed by atoms with van der Waals surface area (Å²) in [6.45, 7) is 5.48. The molecule has 0 spiro atoms. The summed E-state index contributed by atoms with van der Waals surface area (Å²) in [5, 5.41) is 0.0979. The Morgan fingerprint density at radius 3 is 2.10 bits per heavy atom. The molecule has 4 nitrogen and oxygen atoms in total. The Hall–Kier alpha value is -1.90. The Balaban J connectivity index is 2.33. The van der Waals surface area contributed by atoms with E-state index in [9.17, 15) is 14.3 Å². The molecule has 1 N–H and O–H groups in total. The van der Waals surface area contributed by atoms with Crippen molar-refractivity contribution in [3.8, 4) is 0 Å². The first-order valence-electron chi connectivity index (χ1n) is 6.51. The molecule has 0 aliphatic heterocycles. The maximum absolute atomic E-state index is 12.2. The second-order valence-electron chi connectivity index (χ2n) is 5.01. The third-order valence-electron chi connectivity index (χ3n) is 3.17. The number of rotatable bonds is 3. The van der Waals surface area contributed by atoms with Gasteiger partial charge in [-0.2, -0.15) is 0 Å². The van der Waals surface area contributed by atoms with Gasteiger partial charge in [0.25, 0.3) is 0 Å². The van der Waals surface area contributed by atoms with Crippen molar-refractivity contribution in [3.05, 3.63) is 64.7 Å². The second-order valence-corrected chi connectivity index (χ2v) is 6.75. The van der Waals surface area contributed by atoms with Gasteiger partial charge in [0, 0.05) is 0 Å². The Kier molecular flexibility index (Phi) is 4.31. The maximum Gasteiger partial charge on any atom is 0.410 e. The van der Waals surface area contributed by atoms with Crippen LogP contribution >= 0.6 is 7.60 Å². The summed E-state index contributed by atoms with van der Waals surface area (Å²) >= 11 is 0. The lowest BCUT2D eigenvalue weighted by Crippen LogP contribution is -2.13. The summed E-state index contributed by atoms with van der Waals surface area (Å²) in [5.41, 5.74) is 2.82. The molecule has 0 heterocycles. The molecule has 1 unspecified atom stereocenters. The molecule has 110 valence electrons. The SMILES string of the molecule is Cc1cc(C)c(C(=O)OP(=O)(O)c2ccccc2)c(C)c1. The van der Waals surface area contributed by atoms with Crippen LogP contribution in [0.1, 0.15) is 27.0 Å². The number of hydrogen-bond donors (Lipinski definition) is 1. The van der Waals surface area contributed by atoms with Gasteiger partial charge in [0.15, 0.2) is 0 Å². The quantitative estimate of drug-likeness (QED) is 0.884. The zero-order valence-corrected chi connectivity index (χ0v) is 13.1. The summed E-state index contributed by atoms with van der Waals surface area (Å²) in [7, 11) is -4.17. The zero-order valence-electron chi connectivity index (χ0n) is 12.2. The molecule has 2 rings (SSSR count). The Labute approximate surface area is 123 Å². The highest BCUT2D eigenvalue weighted by molar-refractivity contribution is 7.61. The third-order valence-corrected chi connectivity index (χ3v) is 4.53. The third kappa shape index (κ3) is 3.41. The van der Waals surface area contributed by atoms with Gasteiger partial charge in [0.05, 0.1) is 10.9 Å².